The number of halogens is 2. The second kappa shape index (κ2) is 11.0. The Bertz CT molecular complexity index is 1310. The number of hydrogen-bond acceptors (Lipinski definition) is 5. The highest BCUT2D eigenvalue weighted by molar-refractivity contribution is 6.33. The molecule has 1 aliphatic carbocycles. The first-order chi connectivity index (χ1) is 18.7. The molecule has 0 unspecified atom stereocenters. The van der Waals surface area contributed by atoms with Crippen LogP contribution in [0.15, 0.2) is 42.5 Å². The summed E-state index contributed by atoms with van der Waals surface area (Å²) >= 11 is 6.39. The monoisotopic (exact) mass is 554 g/mol. The summed E-state index contributed by atoms with van der Waals surface area (Å²) in [6, 6.07) is 9.10. The summed E-state index contributed by atoms with van der Waals surface area (Å²) in [7, 11) is 1.48. The van der Waals surface area contributed by atoms with E-state index in [0.29, 0.717) is 56.0 Å². The molecular weight excluding hydrogens is 523 g/mol. The number of methoxy groups -OCH3 is 1. The summed E-state index contributed by atoms with van der Waals surface area (Å²) < 4.78 is 18.6. The molecule has 10 heteroatoms. The molecule has 1 spiro atoms. The number of amides is 4. The molecule has 1 N–H and O–H groups in total. The molecule has 2 aliphatic heterocycles. The van der Waals surface area contributed by atoms with Crippen molar-refractivity contribution in [2.75, 3.05) is 31.6 Å². The molecule has 206 valence electrons. The van der Waals surface area contributed by atoms with Crippen LogP contribution < -0.4 is 15.0 Å². The lowest BCUT2D eigenvalue weighted by Gasteiger charge is -2.39. The quantitative estimate of drug-likeness (QED) is 0.417. The maximum atomic E-state index is 13.4. The Balaban J connectivity index is 1.33. The van der Waals surface area contributed by atoms with Gasteiger partial charge in [-0.3, -0.25) is 14.5 Å². The zero-order valence-electron chi connectivity index (χ0n) is 22.1. The number of imide groups is 1. The lowest BCUT2D eigenvalue weighted by atomic mass is 9.97. The minimum absolute atomic E-state index is 0.0382. The van der Waals surface area contributed by atoms with Gasteiger partial charge in [0.2, 0.25) is 5.91 Å². The number of rotatable bonds is 6. The van der Waals surface area contributed by atoms with Crippen LogP contribution in [0.25, 0.3) is 6.08 Å². The molecule has 0 aromatic heterocycles. The minimum atomic E-state index is -0.872. The summed E-state index contributed by atoms with van der Waals surface area (Å²) in [6.07, 6.45) is 6.02. The van der Waals surface area contributed by atoms with Crippen LogP contribution >= 0.6 is 11.6 Å². The Labute approximate surface area is 232 Å². The number of nitrogens with one attached hydrogen (secondary N) is 1. The first kappa shape index (κ1) is 27.1. The number of urea groups is 1. The van der Waals surface area contributed by atoms with Gasteiger partial charge in [0.25, 0.3) is 5.91 Å². The van der Waals surface area contributed by atoms with Crippen LogP contribution in [0, 0.1) is 5.82 Å². The Hall–Kier alpha value is -3.43. The number of hydrogen-bond donors (Lipinski definition) is 1. The van der Waals surface area contributed by atoms with E-state index in [9.17, 15) is 18.8 Å². The summed E-state index contributed by atoms with van der Waals surface area (Å²) in [5.74, 6) is -0.354. The third kappa shape index (κ3) is 5.38. The maximum Gasteiger partial charge on any atom is 0.329 e. The van der Waals surface area contributed by atoms with E-state index >= 15 is 0 Å². The van der Waals surface area contributed by atoms with E-state index in [1.54, 1.807) is 29.2 Å². The highest BCUT2D eigenvalue weighted by Gasteiger charge is 2.53. The fourth-order valence-electron chi connectivity index (χ4n) is 5.81. The smallest absolute Gasteiger partial charge is 0.329 e. The Kier molecular flexibility index (Phi) is 7.64. The molecule has 1 saturated carbocycles. The van der Waals surface area contributed by atoms with Gasteiger partial charge in [-0.15, -0.1) is 0 Å². The predicted octanol–water partition coefficient (Wildman–Crippen LogP) is 4.60. The number of piperazine rings is 1. The molecule has 39 heavy (non-hydrogen) atoms. The molecule has 4 amide bonds. The van der Waals surface area contributed by atoms with Gasteiger partial charge in [0.05, 0.1) is 17.8 Å². The van der Waals surface area contributed by atoms with E-state index in [0.717, 1.165) is 23.3 Å². The van der Waals surface area contributed by atoms with Crippen molar-refractivity contribution in [3.8, 4) is 5.75 Å². The number of benzene rings is 2. The number of ether oxygens (including phenoxy) is 1. The Morgan fingerprint density at radius 2 is 1.90 bits per heavy atom. The van der Waals surface area contributed by atoms with E-state index in [1.807, 2.05) is 6.92 Å². The van der Waals surface area contributed by atoms with Crippen molar-refractivity contribution < 1.29 is 23.5 Å². The molecule has 3 aliphatic rings. The van der Waals surface area contributed by atoms with E-state index < -0.39 is 11.6 Å². The van der Waals surface area contributed by atoms with Crippen molar-refractivity contribution in [3.63, 3.8) is 0 Å². The van der Waals surface area contributed by atoms with Crippen molar-refractivity contribution in [1.29, 1.82) is 0 Å². The first-order valence-corrected chi connectivity index (χ1v) is 13.6. The van der Waals surface area contributed by atoms with Crippen molar-refractivity contribution in [2.45, 2.75) is 50.7 Å². The van der Waals surface area contributed by atoms with Gasteiger partial charge in [-0.1, -0.05) is 36.6 Å². The van der Waals surface area contributed by atoms with Crippen LogP contribution in [0.2, 0.25) is 5.02 Å². The third-order valence-electron chi connectivity index (χ3n) is 7.88. The van der Waals surface area contributed by atoms with Crippen LogP contribution in [-0.4, -0.2) is 66.0 Å². The van der Waals surface area contributed by atoms with Crippen LogP contribution in [0.1, 0.15) is 43.7 Å². The van der Waals surface area contributed by atoms with E-state index in [1.165, 1.54) is 31.4 Å². The highest BCUT2D eigenvalue weighted by Crippen LogP contribution is 2.40. The van der Waals surface area contributed by atoms with E-state index in [-0.39, 0.29) is 28.7 Å². The van der Waals surface area contributed by atoms with Crippen molar-refractivity contribution in [3.05, 3.63) is 64.4 Å². The number of anilines is 1. The molecule has 2 aromatic rings. The van der Waals surface area contributed by atoms with Gasteiger partial charge in [-0.05, 0) is 55.7 Å². The number of carbonyl (C=O) groups excluding carboxylic acids is 3. The molecule has 0 bridgehead atoms. The molecule has 2 aromatic carbocycles. The van der Waals surface area contributed by atoms with Crippen LogP contribution in [0.4, 0.5) is 14.9 Å². The van der Waals surface area contributed by atoms with Gasteiger partial charge < -0.3 is 15.0 Å². The van der Waals surface area contributed by atoms with Gasteiger partial charge >= 0.3 is 6.03 Å². The molecule has 1 atom stereocenters. The summed E-state index contributed by atoms with van der Waals surface area (Å²) in [5.41, 5.74) is 0.940. The highest BCUT2D eigenvalue weighted by atomic mass is 35.5. The SMILES string of the molecule is COc1cc(/C=C/C(=O)N2CCN(Cc3ccc(F)cc3)C[C@H]2C)c(N2C(=O)NC3(CCCC3)C2=O)cc1Cl. The largest absolute Gasteiger partial charge is 0.495 e. The standard InChI is InChI=1S/C29H32ClFN4O4/c1-19-17-33(18-20-5-8-22(31)9-6-20)13-14-34(19)26(36)10-7-21-15-25(39-2)23(30)16-24(21)35-27(37)29(32-28(35)38)11-3-4-12-29/h5-10,15-16,19H,3-4,11-14,17-18H2,1-2H3,(H,32,38)/b10-7+/t19-/m1/s1. The molecule has 3 fully saturated rings. The summed E-state index contributed by atoms with van der Waals surface area (Å²) in [6.45, 7) is 4.59. The second-order valence-corrected chi connectivity index (χ2v) is 10.9. The molecule has 5 rings (SSSR count). The summed E-state index contributed by atoms with van der Waals surface area (Å²) in [4.78, 5) is 44.8. The Morgan fingerprint density at radius 1 is 1.18 bits per heavy atom. The topological polar surface area (TPSA) is 82.2 Å². The van der Waals surface area contributed by atoms with E-state index in [2.05, 4.69) is 10.2 Å². The van der Waals surface area contributed by atoms with Gasteiger partial charge in [0.1, 0.15) is 17.1 Å². The normalized spacial score (nSPS) is 21.3. The van der Waals surface area contributed by atoms with Crippen molar-refractivity contribution in [1.82, 2.24) is 15.1 Å². The van der Waals surface area contributed by atoms with Crippen LogP contribution in [0.3, 0.4) is 0 Å². The predicted molar refractivity (Wildman–Crippen MR) is 147 cm³/mol. The second-order valence-electron chi connectivity index (χ2n) is 10.5. The average Bonchev–Trinajstić information content (AvgIpc) is 3.48. The van der Waals surface area contributed by atoms with Crippen LogP contribution in [-0.2, 0) is 16.1 Å². The maximum absolute atomic E-state index is 13.4. The number of nitrogens with zero attached hydrogens (tertiary/aromatic N) is 3. The fourth-order valence-corrected chi connectivity index (χ4v) is 6.04. The number of carbonyl (C=O) groups is 3. The van der Waals surface area contributed by atoms with Crippen molar-refractivity contribution in [2.24, 2.45) is 0 Å². The minimum Gasteiger partial charge on any atom is -0.495 e. The zero-order valence-corrected chi connectivity index (χ0v) is 22.8. The molecule has 0 radical (unpaired) electrons. The first-order valence-electron chi connectivity index (χ1n) is 13.2. The molecule has 2 heterocycles. The lowest BCUT2D eigenvalue weighted by Crippen LogP contribution is -2.53. The van der Waals surface area contributed by atoms with Gasteiger partial charge in [0, 0.05) is 43.9 Å². The fraction of sp³-hybridized carbons (Fsp3) is 0.414. The summed E-state index contributed by atoms with van der Waals surface area (Å²) in [5, 5.41) is 3.15. The van der Waals surface area contributed by atoms with Gasteiger partial charge in [-0.25, -0.2) is 14.1 Å². The Morgan fingerprint density at radius 3 is 2.56 bits per heavy atom. The van der Waals surface area contributed by atoms with Crippen LogP contribution in [0.5, 0.6) is 5.75 Å². The molecular formula is C29H32ClFN4O4. The van der Waals surface area contributed by atoms with Gasteiger partial charge in [-0.2, -0.15) is 0 Å². The van der Waals surface area contributed by atoms with Gasteiger partial charge in [0.15, 0.2) is 0 Å². The molecule has 2 saturated heterocycles. The van der Waals surface area contributed by atoms with Crippen molar-refractivity contribution >= 4 is 41.2 Å². The lowest BCUT2D eigenvalue weighted by molar-refractivity contribution is -0.130. The van der Waals surface area contributed by atoms with E-state index in [4.69, 9.17) is 16.3 Å². The zero-order chi connectivity index (χ0) is 27.7. The third-order valence-corrected chi connectivity index (χ3v) is 8.18. The molecule has 8 nitrogen and oxygen atoms in total. The average molecular weight is 555 g/mol.